The van der Waals surface area contributed by atoms with Gasteiger partial charge in [0.15, 0.2) is 0 Å². The molecule has 5 rings (SSSR count). The molecule has 0 N–H and O–H groups in total. The van der Waals surface area contributed by atoms with E-state index < -0.39 is 0 Å². The number of fused-ring (bicyclic) bond motifs is 2. The highest BCUT2D eigenvalue weighted by atomic mass is 16.5. The fraction of sp³-hybridized carbons (Fsp3) is 0.628. The third kappa shape index (κ3) is 11.6. The molecule has 6 heteroatoms. The highest BCUT2D eigenvalue weighted by Crippen LogP contribution is 2.43. The lowest BCUT2D eigenvalue weighted by molar-refractivity contribution is -0.146. The lowest BCUT2D eigenvalue weighted by atomic mass is 9.90. The second-order valence-electron chi connectivity index (χ2n) is 14.5. The summed E-state index contributed by atoms with van der Waals surface area (Å²) in [5.74, 6) is 2.67. The van der Waals surface area contributed by atoms with Gasteiger partial charge in [0.25, 0.3) is 0 Å². The van der Waals surface area contributed by atoms with Crippen molar-refractivity contribution in [3.05, 3.63) is 48.0 Å². The monoisotopic (exact) mass is 672 g/mol. The molecule has 6 nitrogen and oxygen atoms in total. The third-order valence-corrected chi connectivity index (χ3v) is 10.5. The quantitative estimate of drug-likeness (QED) is 0.0676. The van der Waals surface area contributed by atoms with Crippen LogP contribution >= 0.6 is 0 Å². The molecule has 268 valence electrons. The van der Waals surface area contributed by atoms with Gasteiger partial charge in [-0.15, -0.1) is 0 Å². The predicted molar refractivity (Wildman–Crippen MR) is 198 cm³/mol. The van der Waals surface area contributed by atoms with Crippen LogP contribution in [0.2, 0.25) is 0 Å². The Morgan fingerprint density at radius 3 is 1.63 bits per heavy atom. The summed E-state index contributed by atoms with van der Waals surface area (Å²) in [7, 11) is 0. The zero-order valence-corrected chi connectivity index (χ0v) is 30.1. The van der Waals surface area contributed by atoms with Crippen LogP contribution in [0.1, 0.15) is 134 Å². The summed E-state index contributed by atoms with van der Waals surface area (Å²) >= 11 is 0. The van der Waals surface area contributed by atoms with Crippen LogP contribution in [0.3, 0.4) is 0 Å². The number of rotatable bonds is 20. The molecule has 0 aromatic heterocycles. The van der Waals surface area contributed by atoms with E-state index in [2.05, 4.69) is 43.3 Å². The van der Waals surface area contributed by atoms with Crippen LogP contribution in [-0.4, -0.2) is 38.4 Å². The molecule has 2 fully saturated rings. The maximum absolute atomic E-state index is 12.4. The van der Waals surface area contributed by atoms with Gasteiger partial charge in [0.2, 0.25) is 0 Å². The van der Waals surface area contributed by atoms with Gasteiger partial charge in [0.05, 0.1) is 26.4 Å². The van der Waals surface area contributed by atoms with Gasteiger partial charge < -0.3 is 18.9 Å². The van der Waals surface area contributed by atoms with Crippen LogP contribution in [0.4, 0.5) is 0 Å². The topological polar surface area (TPSA) is 71.1 Å². The Kier molecular flexibility index (Phi) is 15.4. The van der Waals surface area contributed by atoms with E-state index in [0.29, 0.717) is 51.1 Å². The van der Waals surface area contributed by atoms with Gasteiger partial charge in [-0.25, -0.2) is 0 Å². The predicted octanol–water partition coefficient (Wildman–Crippen LogP) is 11.1. The summed E-state index contributed by atoms with van der Waals surface area (Å²) in [5, 5.41) is 4.18. The minimum atomic E-state index is -0.0880. The summed E-state index contributed by atoms with van der Waals surface area (Å²) in [6.45, 7) is 4.46. The number of esters is 2. The molecule has 0 spiro atoms. The van der Waals surface area contributed by atoms with Crippen LogP contribution in [0.15, 0.2) is 42.5 Å². The molecule has 0 bridgehead atoms. The molecule has 0 heterocycles. The first kappa shape index (κ1) is 37.0. The van der Waals surface area contributed by atoms with Crippen LogP contribution in [0.5, 0.6) is 11.5 Å². The first-order valence-corrected chi connectivity index (χ1v) is 19.7. The van der Waals surface area contributed by atoms with Gasteiger partial charge >= 0.3 is 11.9 Å². The smallest absolute Gasteiger partial charge is 0.305 e. The fourth-order valence-corrected chi connectivity index (χ4v) is 7.56. The molecule has 3 aromatic carbocycles. The normalized spacial score (nSPS) is 15.8. The zero-order valence-electron chi connectivity index (χ0n) is 30.1. The standard InChI is InChI=1S/C43H60O6/c1-2-3-6-17-33-26-27-38-39(30-33)43(47-29-16-14-25-41(45)49-32-35-20-9-5-10-21-35)37-23-12-11-22-36(37)42(38)46-28-15-13-24-40(44)48-31-34-18-7-4-8-19-34/h11-12,22-23,26-27,30,34-35H,2-10,13-21,24-25,28-29,31-32H2,1H3. The van der Waals surface area contributed by atoms with E-state index in [4.69, 9.17) is 18.9 Å². The number of unbranched alkanes of at least 4 members (excludes halogenated alkanes) is 4. The molecule has 2 aliphatic carbocycles. The van der Waals surface area contributed by atoms with Gasteiger partial charge in [-0.1, -0.05) is 94.7 Å². The van der Waals surface area contributed by atoms with Crippen molar-refractivity contribution in [1.29, 1.82) is 0 Å². The number of carbonyl (C=O) groups is 2. The van der Waals surface area contributed by atoms with Gasteiger partial charge in [-0.2, -0.15) is 0 Å². The maximum Gasteiger partial charge on any atom is 0.305 e. The van der Waals surface area contributed by atoms with E-state index in [-0.39, 0.29) is 11.9 Å². The van der Waals surface area contributed by atoms with Crippen LogP contribution in [-0.2, 0) is 25.5 Å². The van der Waals surface area contributed by atoms with Crippen LogP contribution < -0.4 is 9.47 Å². The number of ether oxygens (including phenoxy) is 4. The Hall–Kier alpha value is -3.28. The molecular formula is C43H60O6. The van der Waals surface area contributed by atoms with E-state index in [9.17, 15) is 9.59 Å². The van der Waals surface area contributed by atoms with E-state index in [1.807, 2.05) is 6.07 Å². The summed E-state index contributed by atoms with van der Waals surface area (Å²) in [4.78, 5) is 24.8. The van der Waals surface area contributed by atoms with Crippen molar-refractivity contribution in [3.63, 3.8) is 0 Å². The molecule has 0 saturated heterocycles. The minimum absolute atomic E-state index is 0.0870. The van der Waals surface area contributed by atoms with E-state index in [1.54, 1.807) is 0 Å². The highest BCUT2D eigenvalue weighted by molar-refractivity contribution is 6.11. The third-order valence-electron chi connectivity index (χ3n) is 10.5. The van der Waals surface area contributed by atoms with Crippen LogP contribution in [0.25, 0.3) is 21.5 Å². The average Bonchev–Trinajstić information content (AvgIpc) is 3.14. The minimum Gasteiger partial charge on any atom is -0.492 e. The van der Waals surface area contributed by atoms with Crippen molar-refractivity contribution in [1.82, 2.24) is 0 Å². The van der Waals surface area contributed by atoms with Crippen molar-refractivity contribution < 1.29 is 28.5 Å². The number of benzene rings is 3. The molecule has 3 aromatic rings. The SMILES string of the molecule is CCCCCc1ccc2c(OCCCCC(=O)OCC3CCCCC3)c3ccccc3c(OCCCCC(=O)OCC3CCCCC3)c2c1. The van der Waals surface area contributed by atoms with Crippen LogP contribution in [0, 0.1) is 11.8 Å². The van der Waals surface area contributed by atoms with Crippen molar-refractivity contribution in [2.45, 2.75) is 135 Å². The molecular weight excluding hydrogens is 612 g/mol. The Morgan fingerprint density at radius 1 is 0.592 bits per heavy atom. The maximum atomic E-state index is 12.4. The molecule has 2 aliphatic rings. The van der Waals surface area contributed by atoms with E-state index >= 15 is 0 Å². The Labute approximate surface area is 294 Å². The van der Waals surface area contributed by atoms with E-state index in [1.165, 1.54) is 82.6 Å². The molecule has 0 amide bonds. The Morgan fingerprint density at radius 2 is 1.10 bits per heavy atom. The molecule has 0 aliphatic heterocycles. The summed E-state index contributed by atoms with van der Waals surface area (Å²) in [6, 6.07) is 15.0. The van der Waals surface area contributed by atoms with Crippen molar-refractivity contribution in [2.75, 3.05) is 26.4 Å². The van der Waals surface area contributed by atoms with Gasteiger partial charge in [-0.3, -0.25) is 9.59 Å². The van der Waals surface area contributed by atoms with Crippen molar-refractivity contribution in [2.24, 2.45) is 11.8 Å². The summed E-state index contributed by atoms with van der Waals surface area (Å²) < 4.78 is 24.3. The number of aryl methyl sites for hydroxylation is 1. The lowest BCUT2D eigenvalue weighted by Crippen LogP contribution is -2.16. The number of hydrogen-bond acceptors (Lipinski definition) is 6. The summed E-state index contributed by atoms with van der Waals surface area (Å²) in [5.41, 5.74) is 1.31. The molecule has 0 radical (unpaired) electrons. The Bertz CT molecular complexity index is 1450. The average molecular weight is 673 g/mol. The van der Waals surface area contributed by atoms with Gasteiger partial charge in [0.1, 0.15) is 11.5 Å². The molecule has 49 heavy (non-hydrogen) atoms. The second kappa shape index (κ2) is 20.4. The fourth-order valence-electron chi connectivity index (χ4n) is 7.56. The Balaban J connectivity index is 1.19. The van der Waals surface area contributed by atoms with Gasteiger partial charge in [-0.05, 0) is 87.7 Å². The molecule has 0 unspecified atom stereocenters. The second-order valence-corrected chi connectivity index (χ2v) is 14.5. The van der Waals surface area contributed by atoms with Crippen molar-refractivity contribution >= 4 is 33.5 Å². The first-order chi connectivity index (χ1) is 24.1. The summed E-state index contributed by atoms with van der Waals surface area (Å²) in [6.07, 6.45) is 20.9. The first-order valence-electron chi connectivity index (χ1n) is 19.7. The largest absolute Gasteiger partial charge is 0.492 e. The number of carbonyl (C=O) groups excluding carboxylic acids is 2. The van der Waals surface area contributed by atoms with Crippen molar-refractivity contribution in [3.8, 4) is 11.5 Å². The highest BCUT2D eigenvalue weighted by Gasteiger charge is 2.19. The zero-order chi connectivity index (χ0) is 34.1. The molecule has 2 saturated carbocycles. The number of hydrogen-bond donors (Lipinski definition) is 0. The van der Waals surface area contributed by atoms with E-state index in [0.717, 1.165) is 71.6 Å². The lowest BCUT2D eigenvalue weighted by Gasteiger charge is -2.21. The van der Waals surface area contributed by atoms with Gasteiger partial charge in [0, 0.05) is 34.4 Å². The molecule has 0 atom stereocenters.